The molecule has 0 spiro atoms. The van der Waals surface area contributed by atoms with E-state index in [-0.39, 0.29) is 12.1 Å². The van der Waals surface area contributed by atoms with Crippen molar-refractivity contribution < 1.29 is 0 Å². The Morgan fingerprint density at radius 1 is 1.33 bits per heavy atom. The Bertz CT molecular complexity index is 222. The molecular formula is C8H14N4. The van der Waals surface area contributed by atoms with Crippen molar-refractivity contribution >= 4 is 5.95 Å². The predicted octanol–water partition coefficient (Wildman–Crippen LogP) is 0.624. The zero-order valence-electron chi connectivity index (χ0n) is 7.36. The molecule has 0 amide bonds. The largest absolute Gasteiger partial charge is 0.350 e. The lowest BCUT2D eigenvalue weighted by atomic mass is 10.2. The number of rotatable bonds is 3. The Morgan fingerprint density at radius 2 is 1.92 bits per heavy atom. The number of hydrogen-bond acceptors (Lipinski definition) is 4. The highest BCUT2D eigenvalue weighted by atomic mass is 15.1. The summed E-state index contributed by atoms with van der Waals surface area (Å²) in [4.78, 5) is 8.05. The van der Waals surface area contributed by atoms with Crippen LogP contribution in [0, 0.1) is 0 Å². The van der Waals surface area contributed by atoms with E-state index in [9.17, 15) is 0 Å². The Morgan fingerprint density at radius 3 is 2.42 bits per heavy atom. The molecule has 0 aliphatic rings. The van der Waals surface area contributed by atoms with Gasteiger partial charge in [-0.1, -0.05) is 0 Å². The smallest absolute Gasteiger partial charge is 0.222 e. The van der Waals surface area contributed by atoms with E-state index < -0.39 is 0 Å². The summed E-state index contributed by atoms with van der Waals surface area (Å²) in [5, 5.41) is 3.09. The number of nitrogens with zero attached hydrogens (tertiary/aromatic N) is 2. The van der Waals surface area contributed by atoms with Gasteiger partial charge >= 0.3 is 0 Å². The quantitative estimate of drug-likeness (QED) is 0.691. The van der Waals surface area contributed by atoms with Crippen LogP contribution in [0.15, 0.2) is 18.5 Å². The van der Waals surface area contributed by atoms with E-state index in [1.165, 1.54) is 0 Å². The van der Waals surface area contributed by atoms with Crippen LogP contribution in [-0.2, 0) is 0 Å². The van der Waals surface area contributed by atoms with Crippen LogP contribution in [0.25, 0.3) is 0 Å². The van der Waals surface area contributed by atoms with Crippen LogP contribution in [0.5, 0.6) is 0 Å². The minimum absolute atomic E-state index is 0.0915. The molecule has 1 aromatic heterocycles. The lowest BCUT2D eigenvalue weighted by Crippen LogP contribution is -2.35. The first-order chi connectivity index (χ1) is 5.70. The summed E-state index contributed by atoms with van der Waals surface area (Å²) >= 11 is 0. The molecule has 2 atom stereocenters. The summed E-state index contributed by atoms with van der Waals surface area (Å²) in [6.07, 6.45) is 3.40. The molecular weight excluding hydrogens is 152 g/mol. The van der Waals surface area contributed by atoms with Crippen LogP contribution in [-0.4, -0.2) is 22.1 Å². The van der Waals surface area contributed by atoms with Crippen LogP contribution < -0.4 is 11.1 Å². The van der Waals surface area contributed by atoms with E-state index in [0.29, 0.717) is 5.95 Å². The summed E-state index contributed by atoms with van der Waals surface area (Å²) in [6, 6.07) is 2.06. The third-order valence-electron chi connectivity index (χ3n) is 1.71. The van der Waals surface area contributed by atoms with E-state index >= 15 is 0 Å². The van der Waals surface area contributed by atoms with Crippen molar-refractivity contribution in [2.75, 3.05) is 5.32 Å². The maximum absolute atomic E-state index is 5.67. The van der Waals surface area contributed by atoms with Crippen LogP contribution in [0.3, 0.4) is 0 Å². The average molecular weight is 166 g/mol. The lowest BCUT2D eigenvalue weighted by molar-refractivity contribution is 0.633. The van der Waals surface area contributed by atoms with Crippen LogP contribution in [0.2, 0.25) is 0 Å². The molecule has 4 nitrogen and oxygen atoms in total. The summed E-state index contributed by atoms with van der Waals surface area (Å²) in [5.74, 6) is 0.627. The molecule has 0 fully saturated rings. The molecule has 0 saturated heterocycles. The monoisotopic (exact) mass is 166 g/mol. The highest BCUT2D eigenvalue weighted by molar-refractivity contribution is 5.24. The van der Waals surface area contributed by atoms with Gasteiger partial charge in [-0.05, 0) is 19.9 Å². The van der Waals surface area contributed by atoms with Crippen molar-refractivity contribution in [1.29, 1.82) is 0 Å². The molecule has 0 saturated carbocycles. The van der Waals surface area contributed by atoms with Crippen molar-refractivity contribution in [1.82, 2.24) is 9.97 Å². The molecule has 0 aromatic carbocycles. The van der Waals surface area contributed by atoms with Gasteiger partial charge in [-0.3, -0.25) is 0 Å². The van der Waals surface area contributed by atoms with E-state index in [0.717, 1.165) is 0 Å². The fourth-order valence-corrected chi connectivity index (χ4v) is 0.709. The second-order valence-corrected chi connectivity index (χ2v) is 2.86. The van der Waals surface area contributed by atoms with Gasteiger partial charge in [-0.2, -0.15) is 0 Å². The van der Waals surface area contributed by atoms with Gasteiger partial charge in [-0.15, -0.1) is 0 Å². The summed E-state index contributed by atoms with van der Waals surface area (Å²) in [7, 11) is 0. The lowest BCUT2D eigenvalue weighted by Gasteiger charge is -2.16. The van der Waals surface area contributed by atoms with Gasteiger partial charge in [0.1, 0.15) is 0 Å². The summed E-state index contributed by atoms with van der Waals surface area (Å²) in [5.41, 5.74) is 5.67. The first-order valence-corrected chi connectivity index (χ1v) is 3.99. The van der Waals surface area contributed by atoms with Crippen molar-refractivity contribution in [2.45, 2.75) is 25.9 Å². The fourth-order valence-electron chi connectivity index (χ4n) is 0.709. The Balaban J connectivity index is 2.53. The summed E-state index contributed by atoms with van der Waals surface area (Å²) in [6.45, 7) is 3.95. The molecule has 4 heteroatoms. The first kappa shape index (κ1) is 8.93. The number of hydrogen-bond donors (Lipinski definition) is 2. The molecule has 12 heavy (non-hydrogen) atoms. The van der Waals surface area contributed by atoms with Crippen LogP contribution in [0.4, 0.5) is 5.95 Å². The highest BCUT2D eigenvalue weighted by Crippen LogP contribution is 1.99. The Kier molecular flexibility index (Phi) is 2.99. The standard InChI is InChI=1S/C8H14N4/c1-6(9)7(2)12-8-10-4-3-5-11-8/h3-7H,9H2,1-2H3,(H,10,11,12). The maximum Gasteiger partial charge on any atom is 0.222 e. The number of anilines is 1. The van der Waals surface area contributed by atoms with Gasteiger partial charge in [-0.25, -0.2) is 9.97 Å². The van der Waals surface area contributed by atoms with Gasteiger partial charge in [0.2, 0.25) is 5.95 Å². The van der Waals surface area contributed by atoms with Gasteiger partial charge in [0.05, 0.1) is 0 Å². The molecule has 3 N–H and O–H groups in total. The third kappa shape index (κ3) is 2.47. The minimum Gasteiger partial charge on any atom is -0.350 e. The van der Waals surface area contributed by atoms with Crippen LogP contribution >= 0.6 is 0 Å². The number of aromatic nitrogens is 2. The molecule has 66 valence electrons. The Labute approximate surface area is 72.2 Å². The number of nitrogens with two attached hydrogens (primary N) is 1. The van der Waals surface area contributed by atoms with Gasteiger partial charge in [0.15, 0.2) is 0 Å². The predicted molar refractivity (Wildman–Crippen MR) is 48.8 cm³/mol. The SMILES string of the molecule is CC(N)C(C)Nc1ncccn1. The second-order valence-electron chi connectivity index (χ2n) is 2.86. The second kappa shape index (κ2) is 4.01. The summed E-state index contributed by atoms with van der Waals surface area (Å²) < 4.78 is 0. The third-order valence-corrected chi connectivity index (χ3v) is 1.71. The maximum atomic E-state index is 5.67. The van der Waals surface area contributed by atoms with Crippen molar-refractivity contribution in [3.63, 3.8) is 0 Å². The average Bonchev–Trinajstić information content (AvgIpc) is 2.06. The molecule has 2 unspecified atom stereocenters. The van der Waals surface area contributed by atoms with E-state index in [1.807, 2.05) is 13.8 Å². The highest BCUT2D eigenvalue weighted by Gasteiger charge is 2.06. The zero-order valence-corrected chi connectivity index (χ0v) is 7.36. The molecule has 1 aromatic rings. The molecule has 0 bridgehead atoms. The molecule has 0 aliphatic heterocycles. The fraction of sp³-hybridized carbons (Fsp3) is 0.500. The molecule has 1 heterocycles. The Hall–Kier alpha value is -1.16. The number of nitrogens with one attached hydrogen (secondary N) is 1. The van der Waals surface area contributed by atoms with Gasteiger partial charge in [0, 0.05) is 24.5 Å². The van der Waals surface area contributed by atoms with E-state index in [2.05, 4.69) is 15.3 Å². The molecule has 0 aliphatic carbocycles. The first-order valence-electron chi connectivity index (χ1n) is 3.99. The van der Waals surface area contributed by atoms with Gasteiger partial charge < -0.3 is 11.1 Å². The molecule has 0 radical (unpaired) electrons. The molecule has 1 rings (SSSR count). The normalized spacial score (nSPS) is 15.2. The minimum atomic E-state index is 0.0915. The van der Waals surface area contributed by atoms with E-state index in [4.69, 9.17) is 5.73 Å². The van der Waals surface area contributed by atoms with Crippen molar-refractivity contribution in [3.8, 4) is 0 Å². The van der Waals surface area contributed by atoms with Crippen molar-refractivity contribution in [3.05, 3.63) is 18.5 Å². The van der Waals surface area contributed by atoms with Crippen molar-refractivity contribution in [2.24, 2.45) is 5.73 Å². The van der Waals surface area contributed by atoms with Gasteiger partial charge in [0.25, 0.3) is 0 Å². The van der Waals surface area contributed by atoms with Crippen LogP contribution in [0.1, 0.15) is 13.8 Å². The zero-order chi connectivity index (χ0) is 8.97. The topological polar surface area (TPSA) is 63.8 Å². The van der Waals surface area contributed by atoms with E-state index in [1.54, 1.807) is 18.5 Å².